The van der Waals surface area contributed by atoms with Gasteiger partial charge in [0.25, 0.3) is 0 Å². The summed E-state index contributed by atoms with van der Waals surface area (Å²) in [6.45, 7) is 4.86. The van der Waals surface area contributed by atoms with Gasteiger partial charge in [0, 0.05) is 25.8 Å². The Morgan fingerprint density at radius 3 is 2.68 bits per heavy atom. The summed E-state index contributed by atoms with van der Waals surface area (Å²) in [4.78, 5) is 4.13. The third-order valence-corrected chi connectivity index (χ3v) is 4.27. The first-order valence-electron chi connectivity index (χ1n) is 6.12. The molecule has 1 aromatic heterocycles. The summed E-state index contributed by atoms with van der Waals surface area (Å²) >= 11 is 0. The molecule has 1 N–H and O–H groups in total. The van der Waals surface area contributed by atoms with Gasteiger partial charge in [-0.3, -0.25) is 0 Å². The fourth-order valence-electron chi connectivity index (χ4n) is 1.60. The molecule has 1 aromatic rings. The van der Waals surface area contributed by atoms with E-state index in [9.17, 15) is 8.42 Å². The fourth-order valence-corrected chi connectivity index (χ4v) is 2.08. The quantitative estimate of drug-likeness (QED) is 0.738. The lowest BCUT2D eigenvalue weighted by Gasteiger charge is -2.14. The lowest BCUT2D eigenvalue weighted by atomic mass is 10.2. The molecular formula is C11H21N3O4S. The van der Waals surface area contributed by atoms with Crippen molar-refractivity contribution in [2.75, 3.05) is 26.5 Å². The highest BCUT2D eigenvalue weighted by Crippen LogP contribution is 2.17. The molecule has 0 aliphatic rings. The molecule has 2 unspecified atom stereocenters. The number of likely N-dealkylation sites (N-methyl/N-ethyl adjacent to an activating group) is 1. The molecular weight excluding hydrogens is 270 g/mol. The van der Waals surface area contributed by atoms with Gasteiger partial charge in [-0.1, -0.05) is 12.1 Å². The lowest BCUT2D eigenvalue weighted by molar-refractivity contribution is 0.162. The van der Waals surface area contributed by atoms with Crippen LogP contribution >= 0.6 is 0 Å². The number of ether oxygens (including phenoxy) is 1. The summed E-state index contributed by atoms with van der Waals surface area (Å²) in [7, 11) is -1.60. The average molecular weight is 291 g/mol. The maximum Gasteiger partial charge on any atom is 0.228 e. The van der Waals surface area contributed by atoms with Gasteiger partial charge in [0.05, 0.1) is 6.61 Å². The number of nitrogens with one attached hydrogen (secondary N) is 1. The van der Waals surface area contributed by atoms with E-state index < -0.39 is 15.1 Å². The van der Waals surface area contributed by atoms with Crippen LogP contribution in [0.1, 0.15) is 30.8 Å². The predicted octanol–water partition coefficient (Wildman–Crippen LogP) is 0.342. The molecule has 0 aromatic carbocycles. The van der Waals surface area contributed by atoms with Crippen molar-refractivity contribution >= 4 is 9.84 Å². The highest BCUT2D eigenvalue weighted by atomic mass is 32.2. The van der Waals surface area contributed by atoms with Gasteiger partial charge < -0.3 is 14.6 Å². The molecule has 1 rings (SSSR count). The zero-order valence-corrected chi connectivity index (χ0v) is 12.5. The lowest BCUT2D eigenvalue weighted by Crippen LogP contribution is -2.35. The van der Waals surface area contributed by atoms with Gasteiger partial charge in [0.2, 0.25) is 5.89 Å². The maximum atomic E-state index is 11.4. The molecule has 7 nitrogen and oxygen atoms in total. The average Bonchev–Trinajstić information content (AvgIpc) is 2.76. The minimum Gasteiger partial charge on any atom is -0.383 e. The monoisotopic (exact) mass is 291 g/mol. The second kappa shape index (κ2) is 6.97. The molecule has 8 heteroatoms. The largest absolute Gasteiger partial charge is 0.383 e. The molecule has 0 radical (unpaired) electrons. The smallest absolute Gasteiger partial charge is 0.228 e. The van der Waals surface area contributed by atoms with Crippen LogP contribution in [0, 0.1) is 0 Å². The van der Waals surface area contributed by atoms with E-state index in [0.717, 1.165) is 12.8 Å². The summed E-state index contributed by atoms with van der Waals surface area (Å²) in [5.74, 6) is 0.610. The van der Waals surface area contributed by atoms with Crippen molar-refractivity contribution in [2.45, 2.75) is 31.6 Å². The molecule has 0 aliphatic carbocycles. The second-order valence-corrected chi connectivity index (χ2v) is 6.80. The van der Waals surface area contributed by atoms with E-state index in [0.29, 0.717) is 18.9 Å². The van der Waals surface area contributed by atoms with E-state index in [2.05, 4.69) is 15.5 Å². The first-order chi connectivity index (χ1) is 8.88. The number of hydrogen-bond acceptors (Lipinski definition) is 7. The van der Waals surface area contributed by atoms with Crippen LogP contribution < -0.4 is 5.32 Å². The molecule has 0 saturated heterocycles. The van der Waals surface area contributed by atoms with Crippen molar-refractivity contribution in [3.05, 3.63) is 11.7 Å². The maximum absolute atomic E-state index is 11.4. The molecule has 110 valence electrons. The minimum absolute atomic E-state index is 0.0665. The van der Waals surface area contributed by atoms with Crippen molar-refractivity contribution in [1.29, 1.82) is 0 Å². The Morgan fingerprint density at radius 1 is 1.47 bits per heavy atom. The van der Waals surface area contributed by atoms with Crippen molar-refractivity contribution in [1.82, 2.24) is 15.5 Å². The topological polar surface area (TPSA) is 94.3 Å². The van der Waals surface area contributed by atoms with Crippen LogP contribution in [0.4, 0.5) is 0 Å². The van der Waals surface area contributed by atoms with Gasteiger partial charge >= 0.3 is 0 Å². The van der Waals surface area contributed by atoms with Crippen molar-refractivity contribution < 1.29 is 17.7 Å². The molecule has 0 bridgehead atoms. The second-order valence-electron chi connectivity index (χ2n) is 4.43. The Balaban J connectivity index is 2.73. The fraction of sp³-hybridized carbons (Fsp3) is 0.818. The van der Waals surface area contributed by atoms with Crippen molar-refractivity contribution in [3.63, 3.8) is 0 Å². The highest BCUT2D eigenvalue weighted by Gasteiger charge is 2.23. The van der Waals surface area contributed by atoms with Crippen LogP contribution in [0.2, 0.25) is 0 Å². The number of rotatable bonds is 8. The Kier molecular flexibility index (Phi) is 5.89. The van der Waals surface area contributed by atoms with Gasteiger partial charge in [-0.2, -0.15) is 4.98 Å². The molecule has 2 atom stereocenters. The molecule has 1 heterocycles. The van der Waals surface area contributed by atoms with Crippen LogP contribution in [0.3, 0.4) is 0 Å². The summed E-state index contributed by atoms with van der Waals surface area (Å²) in [6, 6.07) is 0.0665. The van der Waals surface area contributed by atoms with Crippen molar-refractivity contribution in [3.8, 4) is 0 Å². The Bertz CT molecular complexity index is 480. The van der Waals surface area contributed by atoms with Gasteiger partial charge in [-0.15, -0.1) is 0 Å². The number of nitrogens with zero attached hydrogens (tertiary/aromatic N) is 2. The van der Waals surface area contributed by atoms with Gasteiger partial charge in [0.15, 0.2) is 15.7 Å². The number of aromatic nitrogens is 2. The van der Waals surface area contributed by atoms with Gasteiger partial charge in [-0.25, -0.2) is 8.42 Å². The zero-order valence-electron chi connectivity index (χ0n) is 11.7. The molecule has 19 heavy (non-hydrogen) atoms. The Morgan fingerprint density at radius 2 is 2.16 bits per heavy atom. The molecule has 0 fully saturated rings. The van der Waals surface area contributed by atoms with Crippen LogP contribution in [0.25, 0.3) is 0 Å². The normalized spacial score (nSPS) is 15.4. The molecule has 0 amide bonds. The third kappa shape index (κ3) is 4.88. The molecule has 0 spiro atoms. The number of sulfone groups is 1. The third-order valence-electron chi connectivity index (χ3n) is 2.77. The van der Waals surface area contributed by atoms with E-state index in [1.54, 1.807) is 14.0 Å². The zero-order chi connectivity index (χ0) is 14.5. The van der Waals surface area contributed by atoms with Crippen LogP contribution in [0.5, 0.6) is 0 Å². The van der Waals surface area contributed by atoms with E-state index >= 15 is 0 Å². The van der Waals surface area contributed by atoms with Crippen molar-refractivity contribution in [2.24, 2.45) is 0 Å². The van der Waals surface area contributed by atoms with E-state index in [4.69, 9.17) is 9.26 Å². The molecule has 0 saturated carbocycles. The summed E-state index contributed by atoms with van der Waals surface area (Å²) < 4.78 is 33.0. The van der Waals surface area contributed by atoms with Crippen LogP contribution in [-0.4, -0.2) is 51.1 Å². The standard InChI is InChI=1S/C11H21N3O4S/c1-5-12-9(7-17-3)6-10-13-11(14-18-10)8(2)19(4,15)16/h8-9,12H,5-7H2,1-4H3. The van der Waals surface area contributed by atoms with E-state index in [1.807, 2.05) is 6.92 Å². The highest BCUT2D eigenvalue weighted by molar-refractivity contribution is 7.90. The number of methoxy groups -OCH3 is 1. The SMILES string of the molecule is CCNC(COC)Cc1nc(C(C)S(C)(=O)=O)no1. The predicted molar refractivity (Wildman–Crippen MR) is 70.6 cm³/mol. The summed E-state index contributed by atoms with van der Waals surface area (Å²) in [6.07, 6.45) is 1.66. The Hall–Kier alpha value is -0.990. The minimum atomic E-state index is -3.22. The van der Waals surface area contributed by atoms with E-state index in [-0.39, 0.29) is 11.9 Å². The van der Waals surface area contributed by atoms with E-state index in [1.165, 1.54) is 0 Å². The first-order valence-corrected chi connectivity index (χ1v) is 8.07. The molecule has 0 aliphatic heterocycles. The Labute approximate surface area is 113 Å². The number of hydrogen-bond donors (Lipinski definition) is 1. The first kappa shape index (κ1) is 16.1. The summed E-state index contributed by atoms with van der Waals surface area (Å²) in [5.41, 5.74) is 0. The van der Waals surface area contributed by atoms with Crippen LogP contribution in [-0.2, 0) is 21.0 Å². The van der Waals surface area contributed by atoms with Gasteiger partial charge in [-0.05, 0) is 13.5 Å². The summed E-state index contributed by atoms with van der Waals surface area (Å²) in [5, 5.41) is 6.19. The van der Waals surface area contributed by atoms with Crippen LogP contribution in [0.15, 0.2) is 4.52 Å². The van der Waals surface area contributed by atoms with Gasteiger partial charge in [0.1, 0.15) is 5.25 Å².